The fraction of sp³-hybridized carbons (Fsp3) is 0.300. The average Bonchev–Trinajstić information content (AvgIpc) is 2.14. The predicted octanol–water partition coefficient (Wildman–Crippen LogP) is 3.59. The highest BCUT2D eigenvalue weighted by Crippen LogP contribution is 2.18. The van der Waals surface area contributed by atoms with Crippen LogP contribution >= 0.6 is 27.5 Å². The van der Waals surface area contributed by atoms with Crippen LogP contribution < -0.4 is 4.74 Å². The summed E-state index contributed by atoms with van der Waals surface area (Å²) in [7, 11) is 0. The smallest absolute Gasteiger partial charge is 0.404 e. The topological polar surface area (TPSA) is 35.5 Å². The molecule has 0 saturated heterocycles. The van der Waals surface area contributed by atoms with Crippen molar-refractivity contribution in [1.82, 2.24) is 0 Å². The zero-order valence-electron chi connectivity index (χ0n) is 8.07. The van der Waals surface area contributed by atoms with Crippen molar-refractivity contribution < 1.29 is 14.3 Å². The molecular formula is C10H10BrClO3. The summed E-state index contributed by atoms with van der Waals surface area (Å²) in [4.78, 5) is 10.4. The van der Waals surface area contributed by atoms with E-state index in [1.54, 1.807) is 6.92 Å². The summed E-state index contributed by atoms with van der Waals surface area (Å²) in [5.41, 5.74) is -0.819. The lowest BCUT2D eigenvalue weighted by Crippen LogP contribution is -2.19. The summed E-state index contributed by atoms with van der Waals surface area (Å²) in [6.45, 7) is 1.98. The molecule has 1 aromatic carbocycles. The highest BCUT2D eigenvalue weighted by Gasteiger charge is 2.07. The standard InChI is InChI=1S/C10H10BrClO3/c1-7(15-10(12)13)6-14-9-4-2-3-8(11)5-9/h2-5,7H,6H2,1H3. The molecule has 1 unspecified atom stereocenters. The lowest BCUT2D eigenvalue weighted by molar-refractivity contribution is 0.0937. The van der Waals surface area contributed by atoms with Gasteiger partial charge in [-0.15, -0.1) is 0 Å². The van der Waals surface area contributed by atoms with Gasteiger partial charge in [0.05, 0.1) is 0 Å². The second-order valence-electron chi connectivity index (χ2n) is 2.93. The molecule has 0 amide bonds. The van der Waals surface area contributed by atoms with E-state index < -0.39 is 5.43 Å². The first-order valence-corrected chi connectivity index (χ1v) is 5.49. The Morgan fingerprint density at radius 1 is 1.60 bits per heavy atom. The molecule has 0 heterocycles. The third-order valence-electron chi connectivity index (χ3n) is 1.57. The fourth-order valence-corrected chi connectivity index (χ4v) is 1.49. The zero-order valence-corrected chi connectivity index (χ0v) is 10.4. The van der Waals surface area contributed by atoms with E-state index in [0.717, 1.165) is 4.47 Å². The monoisotopic (exact) mass is 292 g/mol. The Kier molecular flexibility index (Phi) is 4.91. The molecule has 0 radical (unpaired) electrons. The third-order valence-corrected chi connectivity index (χ3v) is 2.16. The highest BCUT2D eigenvalue weighted by molar-refractivity contribution is 9.10. The van der Waals surface area contributed by atoms with E-state index in [1.165, 1.54) is 0 Å². The minimum atomic E-state index is -0.819. The molecule has 0 bridgehead atoms. The van der Waals surface area contributed by atoms with Crippen molar-refractivity contribution in [3.63, 3.8) is 0 Å². The van der Waals surface area contributed by atoms with Crippen LogP contribution in [0.25, 0.3) is 0 Å². The Balaban J connectivity index is 2.40. The van der Waals surface area contributed by atoms with Gasteiger partial charge < -0.3 is 9.47 Å². The van der Waals surface area contributed by atoms with Crippen LogP contribution in [0.1, 0.15) is 6.92 Å². The van der Waals surface area contributed by atoms with Crippen molar-refractivity contribution in [3.05, 3.63) is 28.7 Å². The molecule has 5 heteroatoms. The van der Waals surface area contributed by atoms with Crippen LogP contribution in [0, 0.1) is 0 Å². The van der Waals surface area contributed by atoms with E-state index in [4.69, 9.17) is 21.1 Å². The van der Waals surface area contributed by atoms with Crippen LogP contribution in [0.4, 0.5) is 4.79 Å². The van der Waals surface area contributed by atoms with Gasteiger partial charge in [-0.05, 0) is 25.1 Å². The summed E-state index contributed by atoms with van der Waals surface area (Å²) >= 11 is 8.38. The van der Waals surface area contributed by atoms with Gasteiger partial charge in [0.1, 0.15) is 18.5 Å². The van der Waals surface area contributed by atoms with Crippen molar-refractivity contribution in [2.75, 3.05) is 6.61 Å². The van der Waals surface area contributed by atoms with Crippen LogP contribution in [-0.4, -0.2) is 18.1 Å². The minimum Gasteiger partial charge on any atom is -0.490 e. The normalized spacial score (nSPS) is 11.9. The van der Waals surface area contributed by atoms with Gasteiger partial charge in [-0.3, -0.25) is 0 Å². The summed E-state index contributed by atoms with van der Waals surface area (Å²) < 4.78 is 11.0. The predicted molar refractivity (Wildman–Crippen MR) is 61.4 cm³/mol. The highest BCUT2D eigenvalue weighted by atomic mass is 79.9. The van der Waals surface area contributed by atoms with Crippen molar-refractivity contribution in [3.8, 4) is 5.75 Å². The SMILES string of the molecule is CC(COc1cccc(Br)c1)OC(=O)Cl. The third kappa shape index (κ3) is 5.04. The van der Waals surface area contributed by atoms with Gasteiger partial charge in [-0.1, -0.05) is 22.0 Å². The van der Waals surface area contributed by atoms with Crippen molar-refractivity contribution in [1.29, 1.82) is 0 Å². The van der Waals surface area contributed by atoms with Gasteiger partial charge >= 0.3 is 5.43 Å². The van der Waals surface area contributed by atoms with Crippen LogP contribution in [0.2, 0.25) is 0 Å². The van der Waals surface area contributed by atoms with Crippen molar-refractivity contribution in [2.24, 2.45) is 0 Å². The maximum absolute atomic E-state index is 10.4. The molecule has 15 heavy (non-hydrogen) atoms. The maximum Gasteiger partial charge on any atom is 0.404 e. The minimum absolute atomic E-state index is 0.273. The Bertz CT molecular complexity index is 343. The first-order valence-electron chi connectivity index (χ1n) is 4.32. The molecule has 0 aliphatic heterocycles. The molecular weight excluding hydrogens is 283 g/mol. The maximum atomic E-state index is 10.4. The number of benzene rings is 1. The number of carbonyl (C=O) groups excluding carboxylic acids is 1. The summed E-state index contributed by atoms with van der Waals surface area (Å²) in [6, 6.07) is 7.40. The molecule has 1 aromatic rings. The quantitative estimate of drug-likeness (QED) is 0.796. The van der Waals surface area contributed by atoms with E-state index >= 15 is 0 Å². The van der Waals surface area contributed by atoms with E-state index in [2.05, 4.69) is 15.9 Å². The first kappa shape index (κ1) is 12.3. The molecule has 0 saturated carbocycles. The van der Waals surface area contributed by atoms with Crippen LogP contribution in [0.5, 0.6) is 5.75 Å². The van der Waals surface area contributed by atoms with Gasteiger partial charge in [-0.25, -0.2) is 4.79 Å². The van der Waals surface area contributed by atoms with E-state index in [1.807, 2.05) is 24.3 Å². The second kappa shape index (κ2) is 5.98. The molecule has 1 atom stereocenters. The largest absolute Gasteiger partial charge is 0.490 e. The molecule has 3 nitrogen and oxygen atoms in total. The van der Waals surface area contributed by atoms with E-state index in [-0.39, 0.29) is 12.7 Å². The van der Waals surface area contributed by atoms with Gasteiger partial charge in [0.25, 0.3) is 0 Å². The Labute approximate surface area is 101 Å². The molecule has 0 spiro atoms. The number of halogens is 2. The molecule has 0 aromatic heterocycles. The van der Waals surface area contributed by atoms with Crippen molar-refractivity contribution >= 4 is 33.0 Å². The van der Waals surface area contributed by atoms with Gasteiger partial charge in [0, 0.05) is 16.1 Å². The Hall–Kier alpha value is -0.740. The number of rotatable bonds is 4. The van der Waals surface area contributed by atoms with Gasteiger partial charge in [0.2, 0.25) is 0 Å². The number of carbonyl (C=O) groups is 1. The fourth-order valence-electron chi connectivity index (χ4n) is 0.963. The number of hydrogen-bond acceptors (Lipinski definition) is 3. The molecule has 0 aliphatic rings. The van der Waals surface area contributed by atoms with Crippen LogP contribution in [0.15, 0.2) is 28.7 Å². The first-order chi connectivity index (χ1) is 7.08. The lowest BCUT2D eigenvalue weighted by atomic mass is 10.3. The van der Waals surface area contributed by atoms with E-state index in [0.29, 0.717) is 5.75 Å². The number of hydrogen-bond donors (Lipinski definition) is 0. The van der Waals surface area contributed by atoms with Gasteiger partial charge in [0.15, 0.2) is 0 Å². The Morgan fingerprint density at radius 3 is 2.93 bits per heavy atom. The summed E-state index contributed by atoms with van der Waals surface area (Å²) in [5, 5.41) is 0. The zero-order chi connectivity index (χ0) is 11.3. The number of ether oxygens (including phenoxy) is 2. The summed E-state index contributed by atoms with van der Waals surface area (Å²) in [6.07, 6.45) is -0.367. The second-order valence-corrected chi connectivity index (χ2v) is 4.16. The molecule has 0 aliphatic carbocycles. The molecule has 1 rings (SSSR count). The van der Waals surface area contributed by atoms with Gasteiger partial charge in [-0.2, -0.15) is 0 Å². The lowest BCUT2D eigenvalue weighted by Gasteiger charge is -2.12. The molecule has 0 N–H and O–H groups in total. The molecule has 82 valence electrons. The summed E-state index contributed by atoms with van der Waals surface area (Å²) in [5.74, 6) is 0.710. The van der Waals surface area contributed by atoms with Crippen molar-refractivity contribution in [2.45, 2.75) is 13.0 Å². The molecule has 0 fully saturated rings. The average molecular weight is 294 g/mol. The van der Waals surface area contributed by atoms with Crippen LogP contribution in [0.3, 0.4) is 0 Å². The Morgan fingerprint density at radius 2 is 2.33 bits per heavy atom. The van der Waals surface area contributed by atoms with E-state index in [9.17, 15) is 4.79 Å². The van der Waals surface area contributed by atoms with Crippen LogP contribution in [-0.2, 0) is 4.74 Å².